The number of ketones is 1. The van der Waals surface area contributed by atoms with Crippen LogP contribution in [0.2, 0.25) is 0 Å². The molecule has 0 amide bonds. The summed E-state index contributed by atoms with van der Waals surface area (Å²) in [6, 6.07) is 13.0. The summed E-state index contributed by atoms with van der Waals surface area (Å²) in [5, 5.41) is 69.6. The molecule has 0 spiro atoms. The number of carbonyl (C=O) groups excluding carboxylic acids is 2. The minimum atomic E-state index is -1.58. The first-order valence-corrected chi connectivity index (χ1v) is 14.9. The van der Waals surface area contributed by atoms with E-state index >= 15 is 0 Å². The van der Waals surface area contributed by atoms with E-state index in [4.69, 9.17) is 18.9 Å². The number of phenolic OH excluding ortho intramolecular Hbond substituents is 5. The van der Waals surface area contributed by atoms with Crippen LogP contribution in [0.5, 0.6) is 34.5 Å². The normalized spacial score (nSPS) is 20.1. The van der Waals surface area contributed by atoms with Crippen LogP contribution in [0.1, 0.15) is 36.0 Å². The van der Waals surface area contributed by atoms with Crippen molar-refractivity contribution < 1.29 is 64.3 Å². The van der Waals surface area contributed by atoms with Gasteiger partial charge >= 0.3 is 5.97 Å². The Balaban J connectivity index is 1.47. The highest BCUT2D eigenvalue weighted by Gasteiger charge is 2.43. The highest BCUT2D eigenvalue weighted by molar-refractivity contribution is 5.87. The van der Waals surface area contributed by atoms with Crippen molar-refractivity contribution in [3.8, 4) is 34.5 Å². The van der Waals surface area contributed by atoms with Crippen molar-refractivity contribution in [2.75, 3.05) is 13.7 Å². The van der Waals surface area contributed by atoms with Gasteiger partial charge in [0.2, 0.25) is 0 Å². The molecule has 0 unspecified atom stereocenters. The second-order valence-corrected chi connectivity index (χ2v) is 11.1. The van der Waals surface area contributed by atoms with Gasteiger partial charge in [-0.1, -0.05) is 18.2 Å². The first-order chi connectivity index (χ1) is 22.4. The van der Waals surface area contributed by atoms with Crippen molar-refractivity contribution in [3.05, 3.63) is 77.4 Å². The minimum Gasteiger partial charge on any atom is -0.504 e. The highest BCUT2D eigenvalue weighted by Crippen LogP contribution is 2.30. The smallest absolute Gasteiger partial charge is 0.331 e. The van der Waals surface area contributed by atoms with E-state index in [0.717, 1.165) is 6.08 Å². The first-order valence-electron chi connectivity index (χ1n) is 14.9. The summed E-state index contributed by atoms with van der Waals surface area (Å²) in [7, 11) is 1.38. The van der Waals surface area contributed by atoms with Crippen LogP contribution in [0, 0.1) is 0 Å². The quantitative estimate of drug-likeness (QED) is 0.0758. The molecule has 13 nitrogen and oxygen atoms in total. The Bertz CT molecular complexity index is 1570. The number of benzene rings is 3. The minimum absolute atomic E-state index is 0.0716. The van der Waals surface area contributed by atoms with Crippen LogP contribution in [0.3, 0.4) is 0 Å². The van der Waals surface area contributed by atoms with Crippen LogP contribution in [0.25, 0.3) is 6.08 Å². The molecule has 1 heterocycles. The molecule has 7 N–H and O–H groups in total. The Morgan fingerprint density at radius 3 is 2.15 bits per heavy atom. The third-order valence-corrected chi connectivity index (χ3v) is 7.61. The predicted molar refractivity (Wildman–Crippen MR) is 166 cm³/mol. The maximum absolute atomic E-state index is 13.1. The average Bonchev–Trinajstić information content (AvgIpc) is 3.05. The molecule has 5 atom stereocenters. The summed E-state index contributed by atoms with van der Waals surface area (Å²) in [5.41, 5.74) is 1.77. The van der Waals surface area contributed by atoms with E-state index in [1.54, 1.807) is 12.1 Å². The second-order valence-electron chi connectivity index (χ2n) is 11.1. The van der Waals surface area contributed by atoms with Gasteiger partial charge in [0.1, 0.15) is 18.0 Å². The number of Topliss-reactive ketones (excluding diaryl/α,β-unsaturated/α-hetero) is 1. The summed E-state index contributed by atoms with van der Waals surface area (Å²) in [6.45, 7) is -0.333. The van der Waals surface area contributed by atoms with Gasteiger partial charge in [-0.2, -0.15) is 0 Å². The lowest BCUT2D eigenvalue weighted by Crippen LogP contribution is -2.56. The number of carbonyl (C=O) groups is 2. The van der Waals surface area contributed by atoms with E-state index in [9.17, 15) is 45.3 Å². The Morgan fingerprint density at radius 2 is 1.51 bits per heavy atom. The first kappa shape index (κ1) is 35.0. The molecule has 4 rings (SSSR count). The number of ether oxygens (including phenoxy) is 4. The molecule has 3 aromatic rings. The molecule has 0 saturated carbocycles. The molecule has 1 saturated heterocycles. The third-order valence-electron chi connectivity index (χ3n) is 7.61. The van der Waals surface area contributed by atoms with E-state index in [0.29, 0.717) is 23.1 Å². The summed E-state index contributed by atoms with van der Waals surface area (Å²) < 4.78 is 22.3. The fraction of sp³-hybridized carbons (Fsp3) is 0.353. The number of aliphatic hydroxyl groups is 2. The monoisotopic (exact) mass is 654 g/mol. The molecule has 1 fully saturated rings. The SMILES string of the molecule is COc1cc(C=CC(=O)O[C@H]2[C@H](O[C@@H](CCc3ccc(O)c(O)c3)CC(=O)CCc3ccc(O)c(O)c3)OC[C@@H](O)[C@@H]2O)ccc1O. The molecule has 252 valence electrons. The number of esters is 1. The van der Waals surface area contributed by atoms with Crippen molar-refractivity contribution in [1.29, 1.82) is 0 Å². The van der Waals surface area contributed by atoms with E-state index in [1.165, 1.54) is 55.7 Å². The molecule has 1 aliphatic heterocycles. The number of phenols is 5. The number of aromatic hydroxyl groups is 5. The van der Waals surface area contributed by atoms with Crippen LogP contribution in [0.15, 0.2) is 60.7 Å². The summed E-state index contributed by atoms with van der Waals surface area (Å²) in [6.07, 6.45) is -3.40. The summed E-state index contributed by atoms with van der Waals surface area (Å²) in [5.74, 6) is -2.18. The second kappa shape index (κ2) is 16.1. The predicted octanol–water partition coefficient (Wildman–Crippen LogP) is 2.84. The Morgan fingerprint density at radius 1 is 0.872 bits per heavy atom. The molecule has 13 heteroatoms. The van der Waals surface area contributed by atoms with Crippen molar-refractivity contribution in [3.63, 3.8) is 0 Å². The standard InChI is InChI=1S/C34H38O13/c1-44-30-16-21(6-12-26(30)38)7-13-31(42)47-33-32(43)29(41)18-45-34(33)46-23(9-3-20-5-11-25(37)28(40)15-20)17-22(35)8-2-19-4-10-24(36)27(39)14-19/h4-7,10-16,23,29,32-34,36-41,43H,2-3,8-9,17-18H2,1H3/t23-,29+,32-,33+,34-/m0/s1. The summed E-state index contributed by atoms with van der Waals surface area (Å²) in [4.78, 5) is 25.9. The van der Waals surface area contributed by atoms with Gasteiger partial charge in [0, 0.05) is 18.9 Å². The van der Waals surface area contributed by atoms with Gasteiger partial charge in [-0.15, -0.1) is 0 Å². The van der Waals surface area contributed by atoms with Crippen LogP contribution >= 0.6 is 0 Å². The molecule has 47 heavy (non-hydrogen) atoms. The summed E-state index contributed by atoms with van der Waals surface area (Å²) >= 11 is 0. The molecular formula is C34H38O13. The van der Waals surface area contributed by atoms with Crippen LogP contribution in [0.4, 0.5) is 0 Å². The number of aryl methyl sites for hydroxylation is 2. The van der Waals surface area contributed by atoms with Crippen molar-refractivity contribution in [2.24, 2.45) is 0 Å². The van der Waals surface area contributed by atoms with E-state index in [1.807, 2.05) is 0 Å². The zero-order valence-corrected chi connectivity index (χ0v) is 25.6. The fourth-order valence-corrected chi connectivity index (χ4v) is 4.97. The molecule has 0 bridgehead atoms. The molecule has 0 radical (unpaired) electrons. The van der Waals surface area contributed by atoms with Gasteiger partial charge in [-0.3, -0.25) is 4.79 Å². The Hall–Kier alpha value is -4.82. The van der Waals surface area contributed by atoms with Gasteiger partial charge < -0.3 is 54.7 Å². The Kier molecular flexibility index (Phi) is 12.0. The fourth-order valence-electron chi connectivity index (χ4n) is 4.97. The van der Waals surface area contributed by atoms with Crippen LogP contribution in [-0.4, -0.2) is 91.9 Å². The van der Waals surface area contributed by atoms with Crippen molar-refractivity contribution >= 4 is 17.8 Å². The average molecular weight is 655 g/mol. The lowest BCUT2D eigenvalue weighted by atomic mass is 9.99. The zero-order chi connectivity index (χ0) is 34.1. The van der Waals surface area contributed by atoms with E-state index in [-0.39, 0.29) is 72.6 Å². The molecule has 0 aromatic heterocycles. The highest BCUT2D eigenvalue weighted by atomic mass is 16.7. The lowest BCUT2D eigenvalue weighted by Gasteiger charge is -2.38. The van der Waals surface area contributed by atoms with Gasteiger partial charge in [-0.25, -0.2) is 4.79 Å². The van der Waals surface area contributed by atoms with Crippen molar-refractivity contribution in [2.45, 2.75) is 62.8 Å². The van der Waals surface area contributed by atoms with Crippen LogP contribution in [-0.2, 0) is 36.6 Å². The number of aliphatic hydroxyl groups excluding tert-OH is 2. The third kappa shape index (κ3) is 9.83. The maximum Gasteiger partial charge on any atom is 0.331 e. The number of rotatable bonds is 14. The number of methoxy groups -OCH3 is 1. The largest absolute Gasteiger partial charge is 0.504 e. The van der Waals surface area contributed by atoms with E-state index < -0.39 is 36.7 Å². The zero-order valence-electron chi connectivity index (χ0n) is 25.6. The van der Waals surface area contributed by atoms with Gasteiger partial charge in [0.15, 0.2) is 46.9 Å². The Labute approximate surface area is 270 Å². The molecule has 1 aliphatic rings. The van der Waals surface area contributed by atoms with Crippen LogP contribution < -0.4 is 4.74 Å². The molecule has 3 aromatic carbocycles. The van der Waals surface area contributed by atoms with Gasteiger partial charge in [0.05, 0.1) is 19.8 Å². The van der Waals surface area contributed by atoms with E-state index in [2.05, 4.69) is 0 Å². The van der Waals surface area contributed by atoms with Gasteiger partial charge in [0.25, 0.3) is 0 Å². The molecular weight excluding hydrogens is 616 g/mol. The lowest BCUT2D eigenvalue weighted by molar-refractivity contribution is -0.286. The topological polar surface area (TPSA) is 213 Å². The number of hydrogen-bond acceptors (Lipinski definition) is 13. The van der Waals surface area contributed by atoms with Gasteiger partial charge in [-0.05, 0) is 78.4 Å². The molecule has 0 aliphatic carbocycles. The van der Waals surface area contributed by atoms with Crippen molar-refractivity contribution in [1.82, 2.24) is 0 Å². The number of hydrogen-bond donors (Lipinski definition) is 7. The maximum atomic E-state index is 13.1.